The maximum absolute atomic E-state index is 11.9. The van der Waals surface area contributed by atoms with Crippen molar-refractivity contribution in [1.29, 1.82) is 0 Å². The molecule has 0 bridgehead atoms. The number of carboxylic acid groups (broad SMARTS) is 1. The van der Waals surface area contributed by atoms with E-state index in [1.807, 2.05) is 17.5 Å². The number of hydrogen-bond donors (Lipinski definition) is 1. The van der Waals surface area contributed by atoms with Crippen molar-refractivity contribution in [2.24, 2.45) is 5.41 Å². The third-order valence-corrected chi connectivity index (χ3v) is 4.13. The highest BCUT2D eigenvalue weighted by molar-refractivity contribution is 7.09. The molecule has 1 aliphatic rings. The second kappa shape index (κ2) is 4.37. The summed E-state index contributed by atoms with van der Waals surface area (Å²) in [5.41, 5.74) is -1.15. The van der Waals surface area contributed by atoms with Crippen LogP contribution < -0.4 is 0 Å². The predicted molar refractivity (Wildman–Crippen MR) is 61.6 cm³/mol. The molecule has 1 aromatic rings. The highest BCUT2D eigenvalue weighted by Gasteiger charge is 2.46. The topological polar surface area (TPSA) is 54.4 Å². The van der Waals surface area contributed by atoms with Crippen molar-refractivity contribution in [3.8, 4) is 0 Å². The summed E-state index contributed by atoms with van der Waals surface area (Å²) in [6.07, 6.45) is 2.93. The minimum atomic E-state index is -1.15. The summed E-state index contributed by atoms with van der Waals surface area (Å²) < 4.78 is 0. The molecule has 1 fully saturated rings. The Balaban J connectivity index is 2.27. The van der Waals surface area contributed by atoms with Crippen LogP contribution in [-0.2, 0) is 16.0 Å². The molecule has 2 rings (SSSR count). The van der Waals surface area contributed by atoms with Gasteiger partial charge in [0, 0.05) is 17.7 Å². The number of rotatable bonds is 3. The average Bonchev–Trinajstić information content (AvgIpc) is 2.74. The van der Waals surface area contributed by atoms with Crippen LogP contribution in [0.1, 0.15) is 30.6 Å². The number of hydrogen-bond acceptors (Lipinski definition) is 3. The molecule has 1 unspecified atom stereocenters. The number of carbonyl (C=O) groups is 2. The predicted octanol–water partition coefficient (Wildman–Crippen LogP) is 2.50. The van der Waals surface area contributed by atoms with Crippen LogP contribution in [0.5, 0.6) is 0 Å². The Morgan fingerprint density at radius 2 is 2.31 bits per heavy atom. The number of thiophene rings is 1. The van der Waals surface area contributed by atoms with Gasteiger partial charge in [-0.2, -0.15) is 0 Å². The Morgan fingerprint density at radius 3 is 2.88 bits per heavy atom. The van der Waals surface area contributed by atoms with E-state index in [1.54, 1.807) is 0 Å². The lowest BCUT2D eigenvalue weighted by Crippen LogP contribution is -2.43. The number of carboxylic acids is 1. The zero-order chi connectivity index (χ0) is 11.6. The smallest absolute Gasteiger partial charge is 0.317 e. The lowest BCUT2D eigenvalue weighted by molar-refractivity contribution is -0.157. The fourth-order valence-electron chi connectivity index (χ4n) is 2.29. The van der Waals surface area contributed by atoms with Crippen LogP contribution in [0.25, 0.3) is 0 Å². The summed E-state index contributed by atoms with van der Waals surface area (Å²) in [6, 6.07) is 3.79. The maximum atomic E-state index is 11.9. The Hall–Kier alpha value is -1.16. The van der Waals surface area contributed by atoms with Crippen LogP contribution in [0, 0.1) is 5.41 Å². The van der Waals surface area contributed by atoms with Gasteiger partial charge in [0.25, 0.3) is 0 Å². The van der Waals surface area contributed by atoms with Gasteiger partial charge in [0.05, 0.1) is 0 Å². The summed E-state index contributed by atoms with van der Waals surface area (Å²) in [7, 11) is 0. The number of aliphatic carboxylic acids is 1. The SMILES string of the molecule is O=C(O)C1(Cc2cccs2)CCCCC1=O. The van der Waals surface area contributed by atoms with E-state index in [4.69, 9.17) is 0 Å². The molecule has 0 aromatic carbocycles. The van der Waals surface area contributed by atoms with E-state index < -0.39 is 11.4 Å². The molecule has 1 saturated carbocycles. The summed E-state index contributed by atoms with van der Waals surface area (Å²) in [4.78, 5) is 24.3. The fraction of sp³-hybridized carbons (Fsp3) is 0.500. The largest absolute Gasteiger partial charge is 0.480 e. The third kappa shape index (κ3) is 1.89. The van der Waals surface area contributed by atoms with Crippen molar-refractivity contribution in [2.75, 3.05) is 0 Å². The van der Waals surface area contributed by atoms with Gasteiger partial charge in [0.15, 0.2) is 5.78 Å². The summed E-state index contributed by atoms with van der Waals surface area (Å²) in [5, 5.41) is 11.3. The molecule has 0 aliphatic heterocycles. The lowest BCUT2D eigenvalue weighted by atomic mass is 9.70. The fourth-order valence-corrected chi connectivity index (χ4v) is 3.11. The van der Waals surface area contributed by atoms with E-state index in [9.17, 15) is 14.7 Å². The molecule has 0 spiro atoms. The summed E-state index contributed by atoms with van der Waals surface area (Å²) >= 11 is 1.52. The van der Waals surface area contributed by atoms with Crippen molar-refractivity contribution in [2.45, 2.75) is 32.1 Å². The van der Waals surface area contributed by atoms with Crippen LogP contribution in [0.15, 0.2) is 17.5 Å². The first-order chi connectivity index (χ1) is 7.65. The van der Waals surface area contributed by atoms with Gasteiger partial charge < -0.3 is 5.11 Å². The third-order valence-electron chi connectivity index (χ3n) is 3.26. The van der Waals surface area contributed by atoms with E-state index in [0.29, 0.717) is 19.3 Å². The molecule has 0 saturated heterocycles. The summed E-state index contributed by atoms with van der Waals surface area (Å²) in [6.45, 7) is 0. The molecule has 86 valence electrons. The second-order valence-electron chi connectivity index (χ2n) is 4.27. The minimum absolute atomic E-state index is 0.0975. The Morgan fingerprint density at radius 1 is 1.50 bits per heavy atom. The van der Waals surface area contributed by atoms with Crippen LogP contribution in [0.4, 0.5) is 0 Å². The first kappa shape index (κ1) is 11.3. The molecule has 16 heavy (non-hydrogen) atoms. The van der Waals surface area contributed by atoms with Gasteiger partial charge in [-0.05, 0) is 24.3 Å². The zero-order valence-corrected chi connectivity index (χ0v) is 9.76. The number of ketones is 1. The minimum Gasteiger partial charge on any atom is -0.480 e. The van der Waals surface area contributed by atoms with E-state index >= 15 is 0 Å². The molecule has 0 radical (unpaired) electrons. The molecule has 1 aromatic heterocycles. The van der Waals surface area contributed by atoms with Gasteiger partial charge in [-0.1, -0.05) is 12.5 Å². The molecule has 3 nitrogen and oxygen atoms in total. The van der Waals surface area contributed by atoms with Crippen LogP contribution in [0.3, 0.4) is 0 Å². The van der Waals surface area contributed by atoms with Crippen LogP contribution in [-0.4, -0.2) is 16.9 Å². The van der Waals surface area contributed by atoms with Crippen molar-refractivity contribution >= 4 is 23.1 Å². The van der Waals surface area contributed by atoms with Crippen LogP contribution >= 0.6 is 11.3 Å². The normalized spacial score (nSPS) is 25.6. The number of Topliss-reactive ketones (excluding diaryl/α,β-unsaturated/α-hetero) is 1. The van der Waals surface area contributed by atoms with Crippen molar-refractivity contribution < 1.29 is 14.7 Å². The van der Waals surface area contributed by atoms with Gasteiger partial charge in [-0.25, -0.2) is 0 Å². The number of carbonyl (C=O) groups excluding carboxylic acids is 1. The molecular weight excluding hydrogens is 224 g/mol. The molecule has 1 N–H and O–H groups in total. The molecule has 4 heteroatoms. The average molecular weight is 238 g/mol. The van der Waals surface area contributed by atoms with Crippen molar-refractivity contribution in [1.82, 2.24) is 0 Å². The maximum Gasteiger partial charge on any atom is 0.317 e. The van der Waals surface area contributed by atoms with Crippen molar-refractivity contribution in [3.63, 3.8) is 0 Å². The highest BCUT2D eigenvalue weighted by Crippen LogP contribution is 2.37. The lowest BCUT2D eigenvalue weighted by Gasteiger charge is -2.31. The van der Waals surface area contributed by atoms with Gasteiger partial charge in [-0.15, -0.1) is 11.3 Å². The quantitative estimate of drug-likeness (QED) is 0.823. The monoisotopic (exact) mass is 238 g/mol. The molecular formula is C12H14O3S. The molecule has 1 aliphatic carbocycles. The van der Waals surface area contributed by atoms with Gasteiger partial charge in [0.1, 0.15) is 5.41 Å². The Bertz CT molecular complexity index is 396. The van der Waals surface area contributed by atoms with Gasteiger partial charge in [-0.3, -0.25) is 9.59 Å². The van der Waals surface area contributed by atoms with Crippen molar-refractivity contribution in [3.05, 3.63) is 22.4 Å². The second-order valence-corrected chi connectivity index (χ2v) is 5.31. The van der Waals surface area contributed by atoms with Gasteiger partial charge in [0.2, 0.25) is 0 Å². The van der Waals surface area contributed by atoms with E-state index in [0.717, 1.165) is 17.7 Å². The van der Waals surface area contributed by atoms with Crippen LogP contribution in [0.2, 0.25) is 0 Å². The Labute approximate surface area is 98.1 Å². The highest BCUT2D eigenvalue weighted by atomic mass is 32.1. The molecule has 1 atom stereocenters. The standard InChI is InChI=1S/C12H14O3S/c13-10-5-1-2-6-12(10,11(14)15)8-9-4-3-7-16-9/h3-4,7H,1-2,5-6,8H2,(H,14,15). The van der Waals surface area contributed by atoms with E-state index in [1.165, 1.54) is 11.3 Å². The Kier molecular flexibility index (Phi) is 3.10. The summed E-state index contributed by atoms with van der Waals surface area (Å²) in [5.74, 6) is -1.05. The molecule has 1 heterocycles. The first-order valence-electron chi connectivity index (χ1n) is 5.44. The van der Waals surface area contributed by atoms with Gasteiger partial charge >= 0.3 is 5.97 Å². The zero-order valence-electron chi connectivity index (χ0n) is 8.94. The van der Waals surface area contributed by atoms with E-state index in [-0.39, 0.29) is 5.78 Å². The van der Waals surface area contributed by atoms with E-state index in [2.05, 4.69) is 0 Å². The first-order valence-corrected chi connectivity index (χ1v) is 6.32. The molecule has 0 amide bonds.